The van der Waals surface area contributed by atoms with Crippen molar-refractivity contribution in [2.75, 3.05) is 7.11 Å². The van der Waals surface area contributed by atoms with Crippen molar-refractivity contribution in [2.24, 2.45) is 0 Å². The molecule has 4 heteroatoms. The van der Waals surface area contributed by atoms with E-state index in [9.17, 15) is 10.2 Å². The Kier molecular flexibility index (Phi) is 3.27. The zero-order valence-electron chi connectivity index (χ0n) is 13.6. The Hall–Kier alpha value is -2.88. The molecule has 24 heavy (non-hydrogen) atoms. The van der Waals surface area contributed by atoms with Crippen LogP contribution in [0.15, 0.2) is 36.4 Å². The molecule has 4 nitrogen and oxygen atoms in total. The molecule has 0 fully saturated rings. The van der Waals surface area contributed by atoms with Gasteiger partial charge in [0, 0.05) is 16.5 Å². The van der Waals surface area contributed by atoms with Crippen molar-refractivity contribution in [2.45, 2.75) is 20.0 Å². The number of fused-ring (bicyclic) bond motifs is 4. The second-order valence-electron chi connectivity index (χ2n) is 5.93. The number of aromatic hydroxyl groups is 2. The van der Waals surface area contributed by atoms with Crippen LogP contribution in [0.4, 0.5) is 0 Å². The number of aryl methyl sites for hydroxylation is 1. The zero-order valence-corrected chi connectivity index (χ0v) is 13.6. The molecule has 2 N–H and O–H groups in total. The van der Waals surface area contributed by atoms with E-state index < -0.39 is 0 Å². The van der Waals surface area contributed by atoms with Crippen LogP contribution in [0.1, 0.15) is 18.1 Å². The zero-order chi connectivity index (χ0) is 16.8. The lowest BCUT2D eigenvalue weighted by Crippen LogP contribution is -2.09. The summed E-state index contributed by atoms with van der Waals surface area (Å²) >= 11 is 0. The molecule has 0 unspecified atom stereocenters. The van der Waals surface area contributed by atoms with Gasteiger partial charge in [0.1, 0.15) is 18.1 Å². The Morgan fingerprint density at radius 3 is 2.54 bits per heavy atom. The molecule has 3 aromatic carbocycles. The Bertz CT molecular complexity index is 960. The molecule has 1 aliphatic rings. The van der Waals surface area contributed by atoms with Gasteiger partial charge < -0.3 is 19.7 Å². The molecule has 122 valence electrons. The summed E-state index contributed by atoms with van der Waals surface area (Å²) in [5.74, 6) is 1.76. The molecule has 0 saturated carbocycles. The van der Waals surface area contributed by atoms with Gasteiger partial charge in [-0.05, 0) is 47.2 Å². The Morgan fingerprint density at radius 2 is 1.79 bits per heavy atom. The molecule has 4 rings (SSSR count). The van der Waals surface area contributed by atoms with E-state index in [1.165, 1.54) is 0 Å². The highest BCUT2D eigenvalue weighted by molar-refractivity contribution is 6.02. The molecule has 0 aromatic heterocycles. The first-order valence-electron chi connectivity index (χ1n) is 7.94. The van der Waals surface area contributed by atoms with E-state index in [-0.39, 0.29) is 11.5 Å². The van der Waals surface area contributed by atoms with Gasteiger partial charge in [0.25, 0.3) is 0 Å². The standard InChI is InChI=1S/C20H18O4/c1-3-14-16-7-5-13(22)9-17(16)19(23-2)20-18(14)15-6-4-12(21)8-11(15)10-24-20/h4-9,21-22H,3,10H2,1-2H3. The van der Waals surface area contributed by atoms with Crippen molar-refractivity contribution >= 4 is 10.8 Å². The van der Waals surface area contributed by atoms with Gasteiger partial charge >= 0.3 is 0 Å². The molecular formula is C20H18O4. The van der Waals surface area contributed by atoms with Gasteiger partial charge in [0.2, 0.25) is 0 Å². The molecular weight excluding hydrogens is 304 g/mol. The Balaban J connectivity index is 2.16. The maximum atomic E-state index is 9.88. The molecule has 3 aromatic rings. The SMILES string of the molecule is CCc1c2c(c(OC)c3cc(O)ccc13)OCc1cc(O)ccc1-2. The molecule has 0 saturated heterocycles. The average Bonchev–Trinajstić information content (AvgIpc) is 2.59. The normalized spacial score (nSPS) is 12.4. The Morgan fingerprint density at radius 1 is 1.04 bits per heavy atom. The van der Waals surface area contributed by atoms with Gasteiger partial charge in [0.05, 0.1) is 7.11 Å². The summed E-state index contributed by atoms with van der Waals surface area (Å²) in [6.45, 7) is 2.48. The van der Waals surface area contributed by atoms with Gasteiger partial charge in [0.15, 0.2) is 11.5 Å². The lowest BCUT2D eigenvalue weighted by molar-refractivity contribution is 0.282. The van der Waals surface area contributed by atoms with Crippen LogP contribution in [0.3, 0.4) is 0 Å². The first-order chi connectivity index (χ1) is 11.6. The summed E-state index contributed by atoms with van der Waals surface area (Å²) in [5, 5.41) is 21.5. The number of benzene rings is 3. The van der Waals surface area contributed by atoms with E-state index in [4.69, 9.17) is 9.47 Å². The van der Waals surface area contributed by atoms with E-state index in [1.807, 2.05) is 12.1 Å². The summed E-state index contributed by atoms with van der Waals surface area (Å²) in [7, 11) is 1.61. The third-order valence-electron chi connectivity index (χ3n) is 4.60. The van der Waals surface area contributed by atoms with Gasteiger partial charge in [-0.1, -0.05) is 19.1 Å². The second-order valence-corrected chi connectivity index (χ2v) is 5.93. The topological polar surface area (TPSA) is 58.9 Å². The third-order valence-corrected chi connectivity index (χ3v) is 4.60. The maximum absolute atomic E-state index is 9.88. The highest BCUT2D eigenvalue weighted by Gasteiger charge is 2.27. The first-order valence-corrected chi connectivity index (χ1v) is 7.94. The molecule has 0 amide bonds. The molecule has 1 aliphatic heterocycles. The number of rotatable bonds is 2. The van der Waals surface area contributed by atoms with E-state index in [2.05, 4.69) is 6.92 Å². The average molecular weight is 322 g/mol. The van der Waals surface area contributed by atoms with Crippen LogP contribution >= 0.6 is 0 Å². The largest absolute Gasteiger partial charge is 0.508 e. The second kappa shape index (κ2) is 5.34. The van der Waals surface area contributed by atoms with Gasteiger partial charge in [-0.3, -0.25) is 0 Å². The van der Waals surface area contributed by atoms with Crippen molar-refractivity contribution in [3.05, 3.63) is 47.5 Å². The number of phenolic OH excluding ortho intramolecular Hbond substituents is 2. The van der Waals surface area contributed by atoms with Crippen LogP contribution in [-0.2, 0) is 13.0 Å². The van der Waals surface area contributed by atoms with Crippen molar-refractivity contribution < 1.29 is 19.7 Å². The highest BCUT2D eigenvalue weighted by Crippen LogP contribution is 2.51. The van der Waals surface area contributed by atoms with E-state index in [0.717, 1.165) is 39.4 Å². The van der Waals surface area contributed by atoms with Crippen LogP contribution in [0.25, 0.3) is 21.9 Å². The van der Waals surface area contributed by atoms with Gasteiger partial charge in [-0.25, -0.2) is 0 Å². The Labute approximate surface area is 139 Å². The predicted octanol–water partition coefficient (Wildman–Crippen LogP) is 4.38. The first kappa shape index (κ1) is 14.7. The van der Waals surface area contributed by atoms with E-state index in [1.54, 1.807) is 31.4 Å². The minimum Gasteiger partial charge on any atom is -0.508 e. The quantitative estimate of drug-likeness (QED) is 0.735. The van der Waals surface area contributed by atoms with Crippen LogP contribution in [0.5, 0.6) is 23.0 Å². The summed E-state index contributed by atoms with van der Waals surface area (Å²) < 4.78 is 11.6. The van der Waals surface area contributed by atoms with E-state index >= 15 is 0 Å². The number of methoxy groups -OCH3 is 1. The molecule has 0 atom stereocenters. The summed E-state index contributed by atoms with van der Waals surface area (Å²) in [5.41, 5.74) is 4.16. The number of phenols is 2. The van der Waals surface area contributed by atoms with E-state index in [0.29, 0.717) is 18.1 Å². The van der Waals surface area contributed by atoms with Crippen LogP contribution in [0, 0.1) is 0 Å². The highest BCUT2D eigenvalue weighted by atomic mass is 16.5. The van der Waals surface area contributed by atoms with Crippen molar-refractivity contribution in [1.82, 2.24) is 0 Å². The fourth-order valence-electron chi connectivity index (χ4n) is 3.58. The van der Waals surface area contributed by atoms with Crippen molar-refractivity contribution in [3.63, 3.8) is 0 Å². The number of ether oxygens (including phenoxy) is 2. The fraction of sp³-hybridized carbons (Fsp3) is 0.200. The lowest BCUT2D eigenvalue weighted by Gasteiger charge is -2.27. The minimum absolute atomic E-state index is 0.198. The van der Waals surface area contributed by atoms with Crippen LogP contribution in [0.2, 0.25) is 0 Å². The fourth-order valence-corrected chi connectivity index (χ4v) is 3.58. The summed E-state index contributed by atoms with van der Waals surface area (Å²) in [4.78, 5) is 0. The third kappa shape index (κ3) is 1.99. The van der Waals surface area contributed by atoms with Crippen LogP contribution < -0.4 is 9.47 Å². The van der Waals surface area contributed by atoms with Gasteiger partial charge in [-0.15, -0.1) is 0 Å². The summed E-state index contributed by atoms with van der Waals surface area (Å²) in [6.07, 6.45) is 0.817. The van der Waals surface area contributed by atoms with Crippen molar-refractivity contribution in [1.29, 1.82) is 0 Å². The smallest absolute Gasteiger partial charge is 0.170 e. The lowest BCUT2D eigenvalue weighted by atomic mass is 9.87. The summed E-state index contributed by atoms with van der Waals surface area (Å²) in [6, 6.07) is 10.7. The predicted molar refractivity (Wildman–Crippen MR) is 93.0 cm³/mol. The molecule has 0 spiro atoms. The number of hydrogen-bond donors (Lipinski definition) is 2. The molecule has 0 aliphatic carbocycles. The number of hydrogen-bond acceptors (Lipinski definition) is 4. The molecule has 1 heterocycles. The molecule has 0 radical (unpaired) electrons. The maximum Gasteiger partial charge on any atom is 0.170 e. The van der Waals surface area contributed by atoms with Gasteiger partial charge in [-0.2, -0.15) is 0 Å². The minimum atomic E-state index is 0.198. The van der Waals surface area contributed by atoms with Crippen LogP contribution in [-0.4, -0.2) is 17.3 Å². The monoisotopic (exact) mass is 322 g/mol. The molecule has 0 bridgehead atoms. The van der Waals surface area contributed by atoms with Crippen molar-refractivity contribution in [3.8, 4) is 34.1 Å².